The van der Waals surface area contributed by atoms with Crippen LogP contribution < -0.4 is 11.1 Å². The molecular formula is C18H28N2O3S. The van der Waals surface area contributed by atoms with E-state index in [2.05, 4.69) is 5.32 Å². The normalized spacial score (nSPS) is 21.7. The minimum Gasteiger partial charge on any atom is -0.327 e. The first-order chi connectivity index (χ1) is 11.1. The predicted octanol–water partition coefficient (Wildman–Crippen LogP) is 2.86. The molecule has 0 heterocycles. The van der Waals surface area contributed by atoms with E-state index in [1.54, 1.807) is 45.0 Å². The summed E-state index contributed by atoms with van der Waals surface area (Å²) in [4.78, 5) is 12.2. The van der Waals surface area contributed by atoms with E-state index in [1.165, 1.54) is 0 Å². The highest BCUT2D eigenvalue weighted by Gasteiger charge is 2.29. The number of hydrogen-bond donors (Lipinski definition) is 2. The van der Waals surface area contributed by atoms with Gasteiger partial charge < -0.3 is 11.1 Å². The molecule has 0 radical (unpaired) electrons. The summed E-state index contributed by atoms with van der Waals surface area (Å²) in [5, 5.41) is 2.86. The number of carbonyl (C=O) groups is 1. The summed E-state index contributed by atoms with van der Waals surface area (Å²) in [6.45, 7) is 5.08. The summed E-state index contributed by atoms with van der Waals surface area (Å²) in [5.41, 5.74) is 7.32. The Morgan fingerprint density at radius 1 is 1.29 bits per heavy atom. The van der Waals surface area contributed by atoms with Crippen molar-refractivity contribution >= 4 is 21.4 Å². The summed E-state index contributed by atoms with van der Waals surface area (Å²) in [5.74, 6) is 0.149. The number of nitrogens with two attached hydrogens (primary N) is 1. The number of anilines is 1. The molecule has 24 heavy (non-hydrogen) atoms. The number of benzene rings is 1. The molecule has 2 rings (SSSR count). The van der Waals surface area contributed by atoms with Crippen molar-refractivity contribution in [3.63, 3.8) is 0 Å². The van der Waals surface area contributed by atoms with Crippen LogP contribution in [-0.2, 0) is 20.4 Å². The summed E-state index contributed by atoms with van der Waals surface area (Å²) in [6, 6.07) is 7.16. The van der Waals surface area contributed by atoms with Gasteiger partial charge in [0.2, 0.25) is 5.91 Å². The molecule has 1 aromatic rings. The first-order valence-electron chi connectivity index (χ1n) is 8.45. The lowest BCUT2D eigenvalue weighted by Gasteiger charge is -2.19. The number of hydrogen-bond acceptors (Lipinski definition) is 4. The van der Waals surface area contributed by atoms with Gasteiger partial charge >= 0.3 is 0 Å². The molecule has 1 aliphatic rings. The Labute approximate surface area is 144 Å². The van der Waals surface area contributed by atoms with Gasteiger partial charge in [-0.05, 0) is 57.2 Å². The Morgan fingerprint density at radius 3 is 2.58 bits per heavy atom. The van der Waals surface area contributed by atoms with Crippen molar-refractivity contribution in [1.82, 2.24) is 0 Å². The zero-order valence-electron chi connectivity index (χ0n) is 14.7. The van der Waals surface area contributed by atoms with Crippen LogP contribution in [0.15, 0.2) is 24.3 Å². The highest BCUT2D eigenvalue weighted by atomic mass is 32.2. The van der Waals surface area contributed by atoms with Crippen molar-refractivity contribution < 1.29 is 13.2 Å². The van der Waals surface area contributed by atoms with Crippen LogP contribution in [0, 0.1) is 5.92 Å². The van der Waals surface area contributed by atoms with Crippen molar-refractivity contribution in [1.29, 1.82) is 0 Å². The average molecular weight is 353 g/mol. The molecule has 0 saturated heterocycles. The Bertz CT molecular complexity index is 692. The summed E-state index contributed by atoms with van der Waals surface area (Å²) in [6.07, 6.45) is 3.49. The Hall–Kier alpha value is -1.40. The maximum Gasteiger partial charge on any atom is 0.224 e. The number of nitrogens with one attached hydrogen (secondary N) is 1. The standard InChI is InChI=1S/C18H28N2O3S/c1-18(2,3)24(22,23)12-13-6-4-8-15(10-13)20-17(21)11-14-7-5-9-16(14)19/h4,6,8,10,14,16H,5,7,9,11-12,19H2,1-3H3,(H,20,21)/t14-,16+/m0/s1. The third kappa shape index (κ3) is 4.80. The van der Waals surface area contributed by atoms with Gasteiger partial charge in [0, 0.05) is 18.2 Å². The summed E-state index contributed by atoms with van der Waals surface area (Å²) in [7, 11) is -3.25. The molecule has 0 unspecified atom stereocenters. The van der Waals surface area contributed by atoms with Crippen LogP contribution in [0.4, 0.5) is 5.69 Å². The molecule has 0 aromatic heterocycles. The lowest BCUT2D eigenvalue weighted by atomic mass is 10.00. The van der Waals surface area contributed by atoms with Crippen molar-refractivity contribution in [3.8, 4) is 0 Å². The maximum atomic E-state index is 12.3. The van der Waals surface area contributed by atoms with E-state index in [9.17, 15) is 13.2 Å². The quantitative estimate of drug-likeness (QED) is 0.853. The maximum absolute atomic E-state index is 12.3. The van der Waals surface area contributed by atoms with Gasteiger partial charge in [-0.2, -0.15) is 0 Å². The van der Waals surface area contributed by atoms with E-state index < -0.39 is 14.6 Å². The fourth-order valence-electron chi connectivity index (χ4n) is 2.94. The van der Waals surface area contributed by atoms with Crippen LogP contribution in [0.25, 0.3) is 0 Å². The summed E-state index contributed by atoms with van der Waals surface area (Å²) < 4.78 is 23.8. The highest BCUT2D eigenvalue weighted by molar-refractivity contribution is 7.91. The third-order valence-corrected chi connectivity index (χ3v) is 7.25. The van der Waals surface area contributed by atoms with Crippen LogP contribution in [-0.4, -0.2) is 25.1 Å². The average Bonchev–Trinajstić information content (AvgIpc) is 2.82. The minimum absolute atomic E-state index is 0.0340. The number of rotatable bonds is 5. The lowest BCUT2D eigenvalue weighted by molar-refractivity contribution is -0.117. The molecule has 1 amide bonds. The second kappa shape index (κ2) is 7.23. The molecule has 3 N–H and O–H groups in total. The number of carbonyl (C=O) groups excluding carboxylic acids is 1. The van der Waals surface area contributed by atoms with Crippen LogP contribution in [0.1, 0.15) is 52.0 Å². The van der Waals surface area contributed by atoms with Crippen molar-refractivity contribution in [2.24, 2.45) is 11.7 Å². The first kappa shape index (κ1) is 18.9. The van der Waals surface area contributed by atoms with Gasteiger partial charge in [-0.15, -0.1) is 0 Å². The van der Waals surface area contributed by atoms with Crippen molar-refractivity contribution in [2.75, 3.05) is 5.32 Å². The zero-order chi connectivity index (χ0) is 18.0. The molecule has 0 aliphatic heterocycles. The second-order valence-corrected chi connectivity index (χ2v) is 10.4. The molecule has 2 atom stereocenters. The van der Waals surface area contributed by atoms with Crippen LogP contribution >= 0.6 is 0 Å². The van der Waals surface area contributed by atoms with Gasteiger partial charge in [0.05, 0.1) is 10.5 Å². The third-order valence-electron chi connectivity index (χ3n) is 4.67. The topological polar surface area (TPSA) is 89.3 Å². The largest absolute Gasteiger partial charge is 0.327 e. The Kier molecular flexibility index (Phi) is 5.71. The molecule has 1 aliphatic carbocycles. The Morgan fingerprint density at radius 2 is 2.00 bits per heavy atom. The lowest BCUT2D eigenvalue weighted by Crippen LogP contribution is -2.29. The van der Waals surface area contributed by atoms with E-state index in [4.69, 9.17) is 5.73 Å². The van der Waals surface area contributed by atoms with Gasteiger partial charge in [0.25, 0.3) is 0 Å². The molecule has 1 fully saturated rings. The fourth-order valence-corrected chi connectivity index (χ4v) is 4.00. The molecule has 134 valence electrons. The van der Waals surface area contributed by atoms with E-state index in [-0.39, 0.29) is 23.6 Å². The molecule has 0 bridgehead atoms. The number of amides is 1. The van der Waals surface area contributed by atoms with E-state index >= 15 is 0 Å². The van der Waals surface area contributed by atoms with Crippen LogP contribution in [0.5, 0.6) is 0 Å². The molecule has 5 nitrogen and oxygen atoms in total. The van der Waals surface area contributed by atoms with Crippen molar-refractivity contribution in [3.05, 3.63) is 29.8 Å². The summed E-state index contributed by atoms with van der Waals surface area (Å²) >= 11 is 0. The molecule has 1 aromatic carbocycles. The van der Waals surface area contributed by atoms with Gasteiger partial charge in [-0.3, -0.25) is 4.79 Å². The van der Waals surface area contributed by atoms with Gasteiger partial charge in [0.15, 0.2) is 9.84 Å². The van der Waals surface area contributed by atoms with E-state index in [0.29, 0.717) is 17.7 Å². The fraction of sp³-hybridized carbons (Fsp3) is 0.611. The van der Waals surface area contributed by atoms with Crippen molar-refractivity contribution in [2.45, 2.75) is 63.0 Å². The van der Waals surface area contributed by atoms with E-state index in [1.807, 2.05) is 0 Å². The van der Waals surface area contributed by atoms with Crippen LogP contribution in [0.3, 0.4) is 0 Å². The SMILES string of the molecule is CC(C)(C)S(=O)(=O)Cc1cccc(NC(=O)C[C@@H]2CCC[C@H]2N)c1. The molecule has 1 saturated carbocycles. The molecule has 6 heteroatoms. The molecular weight excluding hydrogens is 324 g/mol. The predicted molar refractivity (Wildman–Crippen MR) is 97.4 cm³/mol. The zero-order valence-corrected chi connectivity index (χ0v) is 15.5. The molecule has 0 spiro atoms. The number of sulfone groups is 1. The van der Waals surface area contributed by atoms with Crippen LogP contribution in [0.2, 0.25) is 0 Å². The Balaban J connectivity index is 2.01. The van der Waals surface area contributed by atoms with Gasteiger partial charge in [-0.25, -0.2) is 8.42 Å². The highest BCUT2D eigenvalue weighted by Crippen LogP contribution is 2.27. The smallest absolute Gasteiger partial charge is 0.224 e. The minimum atomic E-state index is -3.25. The van der Waals surface area contributed by atoms with Gasteiger partial charge in [-0.1, -0.05) is 18.6 Å². The van der Waals surface area contributed by atoms with Gasteiger partial charge in [0.1, 0.15) is 0 Å². The monoisotopic (exact) mass is 352 g/mol. The second-order valence-electron chi connectivity index (χ2n) is 7.68. The van der Waals surface area contributed by atoms with E-state index in [0.717, 1.165) is 19.3 Å². The first-order valence-corrected chi connectivity index (χ1v) is 10.1.